The standard InChI is InChI=1S/C18H19ClO6S2/c1-2-9-26(22,23)15-5-3-4-13(20)16(15)18(21)12-6-7-14-11(17(12)19)8-10-27(14,24)25/h6-7H,2-5,8-10H2,1H3. The van der Waals surface area contributed by atoms with Crippen LogP contribution >= 0.6 is 11.6 Å². The third kappa shape index (κ3) is 3.50. The van der Waals surface area contributed by atoms with Crippen LogP contribution in [0.2, 0.25) is 5.02 Å². The van der Waals surface area contributed by atoms with Crippen molar-refractivity contribution in [2.45, 2.75) is 43.9 Å². The number of fused-ring (bicyclic) bond motifs is 1. The SMILES string of the molecule is CCCS(=O)(=O)C1=C(C(=O)c2ccc3c(c2Cl)CCS3(=O)=O)C(=O)CCC1. The Morgan fingerprint density at radius 2 is 1.89 bits per heavy atom. The maximum Gasteiger partial charge on any atom is 0.199 e. The van der Waals surface area contributed by atoms with E-state index in [2.05, 4.69) is 0 Å². The zero-order chi connectivity index (χ0) is 20.0. The van der Waals surface area contributed by atoms with Crippen LogP contribution in [-0.4, -0.2) is 39.9 Å². The van der Waals surface area contributed by atoms with Crippen molar-refractivity contribution in [2.75, 3.05) is 11.5 Å². The Labute approximate surface area is 163 Å². The second kappa shape index (κ2) is 7.14. The molecule has 0 radical (unpaired) electrons. The van der Waals surface area contributed by atoms with Crippen LogP contribution in [0, 0.1) is 0 Å². The number of Topliss-reactive ketones (excluding diaryl/α,β-unsaturated/α-hetero) is 2. The van der Waals surface area contributed by atoms with Crippen LogP contribution in [0.25, 0.3) is 0 Å². The molecule has 0 unspecified atom stereocenters. The van der Waals surface area contributed by atoms with E-state index in [0.29, 0.717) is 18.4 Å². The summed E-state index contributed by atoms with van der Waals surface area (Å²) in [5.41, 5.74) is 0.00343. The van der Waals surface area contributed by atoms with Gasteiger partial charge in [-0.3, -0.25) is 9.59 Å². The zero-order valence-corrected chi connectivity index (χ0v) is 17.1. The number of allylic oxidation sites excluding steroid dienone is 2. The summed E-state index contributed by atoms with van der Waals surface area (Å²) in [6.07, 6.45) is 1.18. The quantitative estimate of drug-likeness (QED) is 0.525. The third-order valence-electron chi connectivity index (χ3n) is 4.84. The van der Waals surface area contributed by atoms with E-state index in [-0.39, 0.29) is 56.7 Å². The minimum atomic E-state index is -3.71. The Morgan fingerprint density at radius 1 is 1.19 bits per heavy atom. The molecule has 1 aromatic rings. The van der Waals surface area contributed by atoms with Crippen molar-refractivity contribution >= 4 is 42.8 Å². The highest BCUT2D eigenvalue weighted by Gasteiger charge is 2.36. The zero-order valence-electron chi connectivity index (χ0n) is 14.7. The summed E-state index contributed by atoms with van der Waals surface area (Å²) in [7, 11) is -7.13. The lowest BCUT2D eigenvalue weighted by atomic mass is 9.91. The minimum Gasteiger partial charge on any atom is -0.294 e. The lowest BCUT2D eigenvalue weighted by molar-refractivity contribution is -0.115. The maximum atomic E-state index is 13.1. The van der Waals surface area contributed by atoms with Crippen molar-refractivity contribution in [3.8, 4) is 0 Å². The summed E-state index contributed by atoms with van der Waals surface area (Å²) in [5, 5.41) is -0.0170. The molecule has 0 N–H and O–H groups in total. The highest BCUT2D eigenvalue weighted by atomic mass is 35.5. The maximum absolute atomic E-state index is 13.1. The molecule has 0 atom stereocenters. The van der Waals surface area contributed by atoms with E-state index in [1.54, 1.807) is 6.92 Å². The minimum absolute atomic E-state index is 0.0170. The van der Waals surface area contributed by atoms with Gasteiger partial charge < -0.3 is 0 Å². The molecule has 1 aliphatic heterocycles. The fourth-order valence-electron chi connectivity index (χ4n) is 3.56. The number of sulfone groups is 2. The molecular formula is C18H19ClO6S2. The lowest BCUT2D eigenvalue weighted by Crippen LogP contribution is -2.24. The molecule has 0 fully saturated rings. The van der Waals surface area contributed by atoms with E-state index in [1.807, 2.05) is 0 Å². The van der Waals surface area contributed by atoms with Crippen molar-refractivity contribution in [3.63, 3.8) is 0 Å². The van der Waals surface area contributed by atoms with E-state index in [1.165, 1.54) is 12.1 Å². The topological polar surface area (TPSA) is 102 Å². The fourth-order valence-corrected chi connectivity index (χ4v) is 7.26. The first kappa shape index (κ1) is 20.2. The van der Waals surface area contributed by atoms with Crippen LogP contribution in [0.1, 0.15) is 48.5 Å². The van der Waals surface area contributed by atoms with Crippen LogP contribution in [0.4, 0.5) is 0 Å². The Kier molecular flexibility index (Phi) is 5.35. The Bertz CT molecular complexity index is 1080. The largest absolute Gasteiger partial charge is 0.294 e. The predicted octanol–water partition coefficient (Wildman–Crippen LogP) is 2.68. The fraction of sp³-hybridized carbons (Fsp3) is 0.444. The van der Waals surface area contributed by atoms with Crippen molar-refractivity contribution in [1.29, 1.82) is 0 Å². The normalized spacial score (nSPS) is 19.3. The molecule has 0 bridgehead atoms. The van der Waals surface area contributed by atoms with Crippen molar-refractivity contribution < 1.29 is 26.4 Å². The molecule has 146 valence electrons. The van der Waals surface area contributed by atoms with E-state index in [0.717, 1.165) is 0 Å². The number of benzene rings is 1. The first-order valence-electron chi connectivity index (χ1n) is 8.68. The summed E-state index contributed by atoms with van der Waals surface area (Å²) in [6, 6.07) is 2.58. The summed E-state index contributed by atoms with van der Waals surface area (Å²) < 4.78 is 49.1. The van der Waals surface area contributed by atoms with Gasteiger partial charge in [0.15, 0.2) is 31.2 Å². The van der Waals surface area contributed by atoms with Crippen molar-refractivity contribution in [2.24, 2.45) is 0 Å². The average molecular weight is 431 g/mol. The molecule has 0 aromatic heterocycles. The molecule has 0 spiro atoms. The number of rotatable bonds is 5. The second-order valence-corrected chi connectivity index (χ2v) is 11.3. The lowest BCUT2D eigenvalue weighted by Gasteiger charge is -2.19. The molecule has 0 amide bonds. The van der Waals surface area contributed by atoms with Gasteiger partial charge in [0, 0.05) is 12.0 Å². The van der Waals surface area contributed by atoms with Crippen LogP contribution < -0.4 is 0 Å². The Hall–Kier alpha value is -1.51. The van der Waals surface area contributed by atoms with Crippen LogP contribution in [0.15, 0.2) is 27.5 Å². The van der Waals surface area contributed by atoms with Gasteiger partial charge in [-0.05, 0) is 43.4 Å². The molecule has 6 nitrogen and oxygen atoms in total. The number of carbonyl (C=O) groups excluding carboxylic acids is 2. The number of hydrogen-bond donors (Lipinski definition) is 0. The molecule has 0 saturated heterocycles. The van der Waals surface area contributed by atoms with E-state index in [9.17, 15) is 26.4 Å². The van der Waals surface area contributed by atoms with Gasteiger partial charge in [-0.2, -0.15) is 0 Å². The summed E-state index contributed by atoms with van der Waals surface area (Å²) in [6.45, 7) is 1.71. The van der Waals surface area contributed by atoms with Gasteiger partial charge in [0.1, 0.15) is 0 Å². The Morgan fingerprint density at radius 3 is 2.56 bits per heavy atom. The highest BCUT2D eigenvalue weighted by Crippen LogP contribution is 2.37. The second-order valence-electron chi connectivity index (χ2n) is 6.70. The molecule has 27 heavy (non-hydrogen) atoms. The van der Waals surface area contributed by atoms with Crippen molar-refractivity contribution in [1.82, 2.24) is 0 Å². The molecule has 9 heteroatoms. The number of halogens is 1. The summed E-state index contributed by atoms with van der Waals surface area (Å²) in [4.78, 5) is 25.5. The molecule has 0 saturated carbocycles. The molecule has 3 rings (SSSR count). The third-order valence-corrected chi connectivity index (χ3v) is 9.17. The van der Waals surface area contributed by atoms with Crippen LogP contribution in [0.5, 0.6) is 0 Å². The summed E-state index contributed by atoms with van der Waals surface area (Å²) in [5.74, 6) is -1.48. The first-order chi connectivity index (χ1) is 12.6. The van der Waals surface area contributed by atoms with Gasteiger partial charge >= 0.3 is 0 Å². The number of ketones is 2. The molecule has 1 heterocycles. The Balaban J connectivity index is 2.17. The van der Waals surface area contributed by atoms with Crippen LogP contribution in [-0.2, 0) is 30.9 Å². The predicted molar refractivity (Wildman–Crippen MR) is 102 cm³/mol. The van der Waals surface area contributed by atoms with E-state index in [4.69, 9.17) is 11.6 Å². The van der Waals surface area contributed by atoms with Gasteiger partial charge in [0.25, 0.3) is 0 Å². The molecule has 1 aromatic carbocycles. The highest BCUT2D eigenvalue weighted by molar-refractivity contribution is 7.95. The van der Waals surface area contributed by atoms with Gasteiger partial charge in [0.05, 0.1) is 31.9 Å². The van der Waals surface area contributed by atoms with Gasteiger partial charge in [-0.15, -0.1) is 0 Å². The summed E-state index contributed by atoms with van der Waals surface area (Å²) >= 11 is 6.30. The smallest absolute Gasteiger partial charge is 0.199 e. The molecule has 2 aliphatic rings. The number of carbonyl (C=O) groups is 2. The number of hydrogen-bond acceptors (Lipinski definition) is 6. The monoisotopic (exact) mass is 430 g/mol. The van der Waals surface area contributed by atoms with Crippen LogP contribution in [0.3, 0.4) is 0 Å². The first-order valence-corrected chi connectivity index (χ1v) is 12.4. The van der Waals surface area contributed by atoms with Gasteiger partial charge in [-0.1, -0.05) is 18.5 Å². The van der Waals surface area contributed by atoms with Crippen molar-refractivity contribution in [3.05, 3.63) is 38.8 Å². The van der Waals surface area contributed by atoms with E-state index < -0.39 is 31.2 Å². The van der Waals surface area contributed by atoms with Gasteiger partial charge in [0.2, 0.25) is 0 Å². The van der Waals surface area contributed by atoms with Gasteiger partial charge in [-0.25, -0.2) is 16.8 Å². The average Bonchev–Trinajstić information content (AvgIpc) is 2.90. The molecule has 1 aliphatic carbocycles. The van der Waals surface area contributed by atoms with E-state index >= 15 is 0 Å². The molecular weight excluding hydrogens is 412 g/mol.